The van der Waals surface area contributed by atoms with Crippen molar-refractivity contribution in [3.63, 3.8) is 0 Å². The van der Waals surface area contributed by atoms with Crippen LogP contribution in [0.3, 0.4) is 0 Å². The Morgan fingerprint density at radius 2 is 1.23 bits per heavy atom. The summed E-state index contributed by atoms with van der Waals surface area (Å²) in [6.07, 6.45) is 18.3. The fraction of sp³-hybridized carbons (Fsp3) is 0.464. The molecule has 0 spiro atoms. The van der Waals surface area contributed by atoms with Gasteiger partial charge in [-0.3, -0.25) is 0 Å². The molecule has 3 heteroatoms. The number of hydrogen-bond acceptors (Lipinski definition) is 0. The van der Waals surface area contributed by atoms with E-state index in [-0.39, 0.29) is 12.4 Å². The number of halogens is 1. The summed E-state index contributed by atoms with van der Waals surface area (Å²) in [5, 5.41) is 0. The largest absolute Gasteiger partial charge is 1.00 e. The van der Waals surface area contributed by atoms with Crippen LogP contribution >= 0.6 is 0 Å². The van der Waals surface area contributed by atoms with E-state index in [1.54, 1.807) is 0 Å². The van der Waals surface area contributed by atoms with Gasteiger partial charge in [0.15, 0.2) is 0 Å². The van der Waals surface area contributed by atoms with Crippen molar-refractivity contribution in [2.24, 2.45) is 0 Å². The standard InChI is InChI=1S/C28H39N2.ClH/c1-2-3-4-5-6-7-8-9-10-17-22-29-23-24-30(25-26-18-13-11-14-19-26)28(29)27-20-15-12-16-21-27;/h11-16,18-21,23-24H,2-10,17,22,25H2,1H3;1H/q+1;/p-1. The second-order valence-corrected chi connectivity index (χ2v) is 8.48. The minimum atomic E-state index is 0. The van der Waals surface area contributed by atoms with E-state index in [2.05, 4.69) is 89.1 Å². The van der Waals surface area contributed by atoms with Gasteiger partial charge in [-0.25, -0.2) is 9.13 Å². The first-order valence-electron chi connectivity index (χ1n) is 12.1. The first-order chi connectivity index (χ1) is 14.9. The molecule has 0 saturated heterocycles. The molecule has 0 aliphatic carbocycles. The van der Waals surface area contributed by atoms with Crippen LogP contribution in [0, 0.1) is 0 Å². The second kappa shape index (κ2) is 14.9. The number of imidazole rings is 1. The van der Waals surface area contributed by atoms with Crippen LogP contribution in [-0.4, -0.2) is 4.57 Å². The summed E-state index contributed by atoms with van der Waals surface area (Å²) in [5.41, 5.74) is 2.64. The molecule has 2 nitrogen and oxygen atoms in total. The number of unbranched alkanes of at least 4 members (excludes halogenated alkanes) is 9. The van der Waals surface area contributed by atoms with Crippen molar-refractivity contribution in [3.05, 3.63) is 78.6 Å². The van der Waals surface area contributed by atoms with Gasteiger partial charge in [-0.1, -0.05) is 107 Å². The fourth-order valence-electron chi connectivity index (χ4n) is 4.24. The minimum absolute atomic E-state index is 0. The van der Waals surface area contributed by atoms with E-state index in [1.165, 1.54) is 81.2 Å². The quantitative estimate of drug-likeness (QED) is 0.260. The molecule has 0 aliphatic heterocycles. The second-order valence-electron chi connectivity index (χ2n) is 8.48. The van der Waals surface area contributed by atoms with Crippen molar-refractivity contribution in [2.45, 2.75) is 84.2 Å². The molecule has 0 saturated carbocycles. The van der Waals surface area contributed by atoms with Crippen LogP contribution in [0.15, 0.2) is 73.1 Å². The average molecular weight is 439 g/mol. The molecule has 1 aromatic heterocycles. The highest BCUT2D eigenvalue weighted by Gasteiger charge is 2.19. The molecular formula is C28H39ClN2. The number of rotatable bonds is 14. The number of aromatic nitrogens is 2. The van der Waals surface area contributed by atoms with Gasteiger partial charge in [0, 0.05) is 0 Å². The maximum atomic E-state index is 2.45. The summed E-state index contributed by atoms with van der Waals surface area (Å²) in [4.78, 5) is 0. The van der Waals surface area contributed by atoms with Gasteiger partial charge in [-0.05, 0) is 30.5 Å². The summed E-state index contributed by atoms with van der Waals surface area (Å²) in [6.45, 7) is 4.30. The molecule has 0 amide bonds. The summed E-state index contributed by atoms with van der Waals surface area (Å²) in [7, 11) is 0. The molecular weight excluding hydrogens is 400 g/mol. The van der Waals surface area contributed by atoms with E-state index in [0.29, 0.717) is 0 Å². The average Bonchev–Trinajstić information content (AvgIpc) is 3.18. The number of aryl methyl sites for hydroxylation is 1. The highest BCUT2D eigenvalue weighted by molar-refractivity contribution is 5.52. The van der Waals surface area contributed by atoms with Crippen LogP contribution in [0.4, 0.5) is 0 Å². The van der Waals surface area contributed by atoms with Crippen molar-refractivity contribution in [3.8, 4) is 11.4 Å². The molecule has 168 valence electrons. The van der Waals surface area contributed by atoms with Crippen LogP contribution in [-0.2, 0) is 13.1 Å². The third kappa shape index (κ3) is 8.53. The van der Waals surface area contributed by atoms with Gasteiger partial charge < -0.3 is 12.4 Å². The smallest absolute Gasteiger partial charge is 0.289 e. The SMILES string of the molecule is CCCCCCCCCCCCn1cc[n+](Cc2ccccc2)c1-c1ccccc1.[Cl-]. The Balaban J connectivity index is 0.00000341. The molecule has 0 unspecified atom stereocenters. The first kappa shape index (κ1) is 25.2. The summed E-state index contributed by atoms with van der Waals surface area (Å²) < 4.78 is 4.84. The van der Waals surface area contributed by atoms with Crippen LogP contribution in [0.1, 0.15) is 76.7 Å². The van der Waals surface area contributed by atoms with E-state index >= 15 is 0 Å². The van der Waals surface area contributed by atoms with Crippen molar-refractivity contribution < 1.29 is 17.0 Å². The lowest BCUT2D eigenvalue weighted by Gasteiger charge is -2.06. The summed E-state index contributed by atoms with van der Waals surface area (Å²) >= 11 is 0. The molecule has 31 heavy (non-hydrogen) atoms. The molecule has 1 heterocycles. The Labute approximate surface area is 195 Å². The van der Waals surface area contributed by atoms with E-state index in [9.17, 15) is 0 Å². The summed E-state index contributed by atoms with van der Waals surface area (Å²) in [6, 6.07) is 21.6. The molecule has 2 aromatic carbocycles. The highest BCUT2D eigenvalue weighted by atomic mass is 35.5. The maximum Gasteiger partial charge on any atom is 0.289 e. The van der Waals surface area contributed by atoms with Crippen molar-refractivity contribution >= 4 is 0 Å². The van der Waals surface area contributed by atoms with Gasteiger partial charge in [0.2, 0.25) is 0 Å². The highest BCUT2D eigenvalue weighted by Crippen LogP contribution is 2.18. The summed E-state index contributed by atoms with van der Waals surface area (Å²) in [5.74, 6) is 1.32. The number of benzene rings is 2. The Kier molecular flexibility index (Phi) is 12.1. The van der Waals surface area contributed by atoms with Crippen LogP contribution in [0.25, 0.3) is 11.4 Å². The van der Waals surface area contributed by atoms with E-state index in [1.807, 2.05) is 0 Å². The van der Waals surface area contributed by atoms with Crippen molar-refractivity contribution in [1.82, 2.24) is 4.57 Å². The molecule has 0 fully saturated rings. The Morgan fingerprint density at radius 3 is 1.84 bits per heavy atom. The Morgan fingerprint density at radius 1 is 0.677 bits per heavy atom. The lowest BCUT2D eigenvalue weighted by atomic mass is 10.1. The van der Waals surface area contributed by atoms with Crippen molar-refractivity contribution in [2.75, 3.05) is 0 Å². The zero-order valence-electron chi connectivity index (χ0n) is 19.2. The normalized spacial score (nSPS) is 10.7. The molecule has 3 rings (SSSR count). The number of hydrogen-bond donors (Lipinski definition) is 0. The zero-order valence-corrected chi connectivity index (χ0v) is 19.9. The van der Waals surface area contributed by atoms with Gasteiger partial charge in [0.25, 0.3) is 5.82 Å². The van der Waals surface area contributed by atoms with E-state index in [4.69, 9.17) is 0 Å². The lowest BCUT2D eigenvalue weighted by Crippen LogP contribution is -3.00. The minimum Gasteiger partial charge on any atom is -1.00 e. The molecule has 3 aromatic rings. The zero-order chi connectivity index (χ0) is 20.9. The van der Waals surface area contributed by atoms with Gasteiger partial charge in [0.05, 0.1) is 12.1 Å². The van der Waals surface area contributed by atoms with Gasteiger partial charge >= 0.3 is 0 Å². The van der Waals surface area contributed by atoms with E-state index < -0.39 is 0 Å². The Hall–Kier alpha value is -2.06. The molecule has 0 radical (unpaired) electrons. The molecule has 0 bridgehead atoms. The van der Waals surface area contributed by atoms with Gasteiger partial charge in [0.1, 0.15) is 18.9 Å². The van der Waals surface area contributed by atoms with E-state index in [0.717, 1.165) is 13.1 Å². The van der Waals surface area contributed by atoms with Gasteiger partial charge in [-0.2, -0.15) is 0 Å². The van der Waals surface area contributed by atoms with Crippen LogP contribution in [0.5, 0.6) is 0 Å². The maximum absolute atomic E-state index is 2.45. The monoisotopic (exact) mass is 438 g/mol. The lowest BCUT2D eigenvalue weighted by molar-refractivity contribution is -0.676. The predicted molar refractivity (Wildman–Crippen MR) is 127 cm³/mol. The molecule has 0 atom stereocenters. The fourth-order valence-corrected chi connectivity index (χ4v) is 4.24. The van der Waals surface area contributed by atoms with Gasteiger partial charge in [-0.15, -0.1) is 0 Å². The molecule has 0 N–H and O–H groups in total. The van der Waals surface area contributed by atoms with Crippen LogP contribution < -0.4 is 17.0 Å². The third-order valence-electron chi connectivity index (χ3n) is 5.95. The first-order valence-corrected chi connectivity index (χ1v) is 12.1. The topological polar surface area (TPSA) is 8.81 Å². The Bertz CT molecular complexity index is 827. The predicted octanol–water partition coefficient (Wildman–Crippen LogP) is 4.42. The third-order valence-corrected chi connectivity index (χ3v) is 5.95. The number of nitrogens with zero attached hydrogens (tertiary/aromatic N) is 2. The molecule has 0 aliphatic rings. The van der Waals surface area contributed by atoms with Crippen LogP contribution in [0.2, 0.25) is 0 Å². The van der Waals surface area contributed by atoms with Crippen molar-refractivity contribution in [1.29, 1.82) is 0 Å².